The lowest BCUT2D eigenvalue weighted by Gasteiger charge is -2.26. The minimum atomic E-state index is 0.135. The van der Waals surface area contributed by atoms with Gasteiger partial charge in [-0.2, -0.15) is 0 Å². The van der Waals surface area contributed by atoms with Crippen molar-refractivity contribution in [3.63, 3.8) is 0 Å². The quantitative estimate of drug-likeness (QED) is 0.794. The summed E-state index contributed by atoms with van der Waals surface area (Å²) in [4.78, 5) is 0. The fourth-order valence-electron chi connectivity index (χ4n) is 2.91. The van der Waals surface area contributed by atoms with Gasteiger partial charge in [-0.1, -0.05) is 37.1 Å². The minimum Gasteiger partial charge on any atom is -0.396 e. The molecule has 0 heterocycles. The lowest BCUT2D eigenvalue weighted by atomic mass is 9.87. The van der Waals surface area contributed by atoms with Crippen LogP contribution in [-0.2, 0) is 17.9 Å². The fraction of sp³-hybridized carbons (Fsp3) is 0.625. The molecule has 1 saturated carbocycles. The molecule has 0 amide bonds. The molecular formula is C16H25NO2. The Kier molecular flexibility index (Phi) is 5.37. The average molecular weight is 263 g/mol. The lowest BCUT2D eigenvalue weighted by Crippen LogP contribution is -2.34. The van der Waals surface area contributed by atoms with E-state index >= 15 is 0 Å². The van der Waals surface area contributed by atoms with Crippen LogP contribution < -0.4 is 5.32 Å². The third kappa shape index (κ3) is 4.03. The van der Waals surface area contributed by atoms with Crippen LogP contribution in [0.4, 0.5) is 0 Å². The van der Waals surface area contributed by atoms with Gasteiger partial charge in [0, 0.05) is 32.2 Å². The number of aliphatic hydroxyl groups is 1. The van der Waals surface area contributed by atoms with Crippen molar-refractivity contribution in [2.45, 2.75) is 38.8 Å². The van der Waals surface area contributed by atoms with Gasteiger partial charge in [-0.3, -0.25) is 0 Å². The smallest absolute Gasteiger partial charge is 0.0713 e. The maximum Gasteiger partial charge on any atom is 0.0713 e. The van der Waals surface area contributed by atoms with Crippen molar-refractivity contribution in [3.05, 3.63) is 35.4 Å². The van der Waals surface area contributed by atoms with Gasteiger partial charge in [0.25, 0.3) is 0 Å². The Morgan fingerprint density at radius 2 is 1.79 bits per heavy atom. The molecule has 0 atom stereocenters. The first-order valence-electron chi connectivity index (χ1n) is 7.16. The van der Waals surface area contributed by atoms with Crippen molar-refractivity contribution in [1.82, 2.24) is 5.32 Å². The summed E-state index contributed by atoms with van der Waals surface area (Å²) in [7, 11) is 1.71. The van der Waals surface area contributed by atoms with Crippen LogP contribution >= 0.6 is 0 Å². The Morgan fingerprint density at radius 3 is 2.37 bits per heavy atom. The van der Waals surface area contributed by atoms with Gasteiger partial charge < -0.3 is 15.2 Å². The molecule has 3 nitrogen and oxygen atoms in total. The highest BCUT2D eigenvalue weighted by atomic mass is 16.5. The number of hydrogen-bond acceptors (Lipinski definition) is 3. The summed E-state index contributed by atoms with van der Waals surface area (Å²) in [5.41, 5.74) is 2.62. The van der Waals surface area contributed by atoms with Gasteiger partial charge in [-0.15, -0.1) is 0 Å². The number of aliphatic hydroxyl groups excluding tert-OH is 1. The zero-order valence-corrected chi connectivity index (χ0v) is 11.8. The van der Waals surface area contributed by atoms with Crippen LogP contribution in [0.25, 0.3) is 0 Å². The van der Waals surface area contributed by atoms with Gasteiger partial charge in [-0.05, 0) is 24.0 Å². The molecule has 1 aliphatic rings. The van der Waals surface area contributed by atoms with E-state index in [4.69, 9.17) is 4.74 Å². The van der Waals surface area contributed by atoms with Crippen LogP contribution in [0, 0.1) is 5.41 Å². The van der Waals surface area contributed by atoms with E-state index in [-0.39, 0.29) is 5.41 Å². The predicted molar refractivity (Wildman–Crippen MR) is 76.8 cm³/mol. The molecule has 0 saturated heterocycles. The average Bonchev–Trinajstić information content (AvgIpc) is 2.91. The number of benzene rings is 1. The second-order valence-electron chi connectivity index (χ2n) is 5.72. The van der Waals surface area contributed by atoms with E-state index in [1.54, 1.807) is 7.11 Å². The molecule has 1 aromatic rings. The summed E-state index contributed by atoms with van der Waals surface area (Å²) in [6.45, 7) is 2.77. The van der Waals surface area contributed by atoms with Crippen molar-refractivity contribution >= 4 is 0 Å². The molecule has 106 valence electrons. The second-order valence-corrected chi connectivity index (χ2v) is 5.72. The normalized spacial score (nSPS) is 17.8. The second kappa shape index (κ2) is 7.04. The number of nitrogens with one attached hydrogen (secondary N) is 1. The number of rotatable bonds is 7. The van der Waals surface area contributed by atoms with E-state index < -0.39 is 0 Å². The fourth-order valence-corrected chi connectivity index (χ4v) is 2.91. The van der Waals surface area contributed by atoms with E-state index in [1.165, 1.54) is 24.0 Å². The largest absolute Gasteiger partial charge is 0.396 e. The topological polar surface area (TPSA) is 41.5 Å². The molecule has 0 spiro atoms. The first kappa shape index (κ1) is 14.5. The van der Waals surface area contributed by atoms with Gasteiger partial charge in [0.2, 0.25) is 0 Å². The third-order valence-corrected chi connectivity index (χ3v) is 4.16. The van der Waals surface area contributed by atoms with Crippen LogP contribution in [0.1, 0.15) is 36.8 Å². The van der Waals surface area contributed by atoms with Crippen LogP contribution in [-0.4, -0.2) is 25.4 Å². The molecule has 0 aliphatic heterocycles. The van der Waals surface area contributed by atoms with E-state index in [2.05, 4.69) is 29.6 Å². The van der Waals surface area contributed by atoms with E-state index in [9.17, 15) is 5.11 Å². The first-order valence-corrected chi connectivity index (χ1v) is 7.16. The Morgan fingerprint density at radius 1 is 1.16 bits per heavy atom. The summed E-state index contributed by atoms with van der Waals surface area (Å²) in [6.07, 6.45) is 4.83. The number of methoxy groups -OCH3 is 1. The van der Waals surface area contributed by atoms with Crippen molar-refractivity contribution in [2.24, 2.45) is 5.41 Å². The van der Waals surface area contributed by atoms with Crippen LogP contribution in [0.2, 0.25) is 0 Å². The molecule has 1 aliphatic carbocycles. The standard InChI is InChI=1S/C16H25NO2/c1-19-11-15-6-4-14(5-7-15)10-17-12-16(13-18)8-2-3-9-16/h4-7,17-18H,2-3,8-13H2,1H3. The van der Waals surface area contributed by atoms with Gasteiger partial charge in [0.05, 0.1) is 6.61 Å². The Bertz CT molecular complexity index is 369. The molecule has 0 radical (unpaired) electrons. The molecule has 19 heavy (non-hydrogen) atoms. The third-order valence-electron chi connectivity index (χ3n) is 4.16. The highest BCUT2D eigenvalue weighted by molar-refractivity contribution is 5.21. The summed E-state index contributed by atoms with van der Waals surface area (Å²) < 4.78 is 5.10. The van der Waals surface area contributed by atoms with Crippen molar-refractivity contribution in [2.75, 3.05) is 20.3 Å². The molecule has 2 N–H and O–H groups in total. The van der Waals surface area contributed by atoms with Gasteiger partial charge in [0.15, 0.2) is 0 Å². The highest BCUT2D eigenvalue weighted by Crippen LogP contribution is 2.36. The zero-order valence-electron chi connectivity index (χ0n) is 11.8. The van der Waals surface area contributed by atoms with Crippen molar-refractivity contribution < 1.29 is 9.84 Å². The summed E-state index contributed by atoms with van der Waals surface area (Å²) in [5.74, 6) is 0. The molecule has 1 aromatic carbocycles. The van der Waals surface area contributed by atoms with Crippen LogP contribution in [0.15, 0.2) is 24.3 Å². The lowest BCUT2D eigenvalue weighted by molar-refractivity contribution is 0.128. The number of hydrogen-bond donors (Lipinski definition) is 2. The van der Waals surface area contributed by atoms with E-state index in [0.717, 1.165) is 25.9 Å². The van der Waals surface area contributed by atoms with Crippen LogP contribution in [0.5, 0.6) is 0 Å². The Labute approximate surface area is 116 Å². The molecule has 3 heteroatoms. The SMILES string of the molecule is COCc1ccc(CNCC2(CO)CCCC2)cc1. The van der Waals surface area contributed by atoms with E-state index in [1.807, 2.05) is 0 Å². The maximum atomic E-state index is 9.56. The van der Waals surface area contributed by atoms with Gasteiger partial charge >= 0.3 is 0 Å². The maximum absolute atomic E-state index is 9.56. The Balaban J connectivity index is 1.78. The summed E-state index contributed by atoms with van der Waals surface area (Å²) in [6, 6.07) is 8.50. The molecule has 1 fully saturated rings. The predicted octanol–water partition coefficient (Wildman–Crippen LogP) is 2.48. The molecule has 2 rings (SSSR count). The molecule has 0 unspecified atom stereocenters. The summed E-state index contributed by atoms with van der Waals surface area (Å²) >= 11 is 0. The van der Waals surface area contributed by atoms with Crippen LogP contribution in [0.3, 0.4) is 0 Å². The minimum absolute atomic E-state index is 0.135. The van der Waals surface area contributed by atoms with E-state index in [0.29, 0.717) is 13.2 Å². The van der Waals surface area contributed by atoms with Gasteiger partial charge in [0.1, 0.15) is 0 Å². The molecule has 0 aromatic heterocycles. The highest BCUT2D eigenvalue weighted by Gasteiger charge is 2.32. The number of ether oxygens (including phenoxy) is 1. The van der Waals surface area contributed by atoms with Gasteiger partial charge in [-0.25, -0.2) is 0 Å². The first-order chi connectivity index (χ1) is 9.28. The zero-order chi connectivity index (χ0) is 13.6. The molecule has 0 bridgehead atoms. The molecular weight excluding hydrogens is 238 g/mol. The Hall–Kier alpha value is -0.900. The monoisotopic (exact) mass is 263 g/mol. The van der Waals surface area contributed by atoms with Crippen molar-refractivity contribution in [1.29, 1.82) is 0 Å². The van der Waals surface area contributed by atoms with Crippen molar-refractivity contribution in [3.8, 4) is 0 Å². The summed E-state index contributed by atoms with van der Waals surface area (Å²) in [5, 5.41) is 13.1.